The molecule has 0 saturated carbocycles. The van der Waals surface area contributed by atoms with Crippen molar-refractivity contribution in [2.45, 2.75) is 25.0 Å². The number of nitrogens with one attached hydrogen (secondary N) is 1. The average molecular weight is 345 g/mol. The summed E-state index contributed by atoms with van der Waals surface area (Å²) in [7, 11) is 0. The Balaban J connectivity index is 1.77. The molecule has 1 saturated heterocycles. The van der Waals surface area contributed by atoms with E-state index < -0.39 is 0 Å². The Hall–Kier alpha value is -2.11. The van der Waals surface area contributed by atoms with Crippen molar-refractivity contribution in [1.82, 2.24) is 0 Å². The molecule has 1 fully saturated rings. The van der Waals surface area contributed by atoms with Gasteiger partial charge in [-0.25, -0.2) is 0 Å². The second-order valence-electron chi connectivity index (χ2n) is 6.30. The lowest BCUT2D eigenvalue weighted by atomic mass is 9.77. The van der Waals surface area contributed by atoms with Crippen LogP contribution in [0, 0.1) is 16.0 Å². The van der Waals surface area contributed by atoms with Gasteiger partial charge in [0.05, 0.1) is 17.1 Å². The molecular weight excluding hydrogens is 328 g/mol. The minimum Gasteiger partial charge on any atom is -0.378 e. The van der Waals surface area contributed by atoms with Crippen molar-refractivity contribution < 1.29 is 9.66 Å². The Morgan fingerprint density at radius 3 is 2.96 bits per heavy atom. The molecule has 4 rings (SSSR count). The number of nitro benzene ring substituents is 1. The smallest absolute Gasteiger partial charge is 0.269 e. The van der Waals surface area contributed by atoms with E-state index in [1.165, 1.54) is 6.07 Å². The minimum absolute atomic E-state index is 0.0103. The number of fused-ring (bicyclic) bond motifs is 3. The van der Waals surface area contributed by atoms with E-state index in [1.807, 2.05) is 24.3 Å². The topological polar surface area (TPSA) is 64.4 Å². The van der Waals surface area contributed by atoms with Crippen LogP contribution < -0.4 is 5.32 Å². The second-order valence-corrected chi connectivity index (χ2v) is 6.74. The molecule has 24 heavy (non-hydrogen) atoms. The van der Waals surface area contributed by atoms with E-state index >= 15 is 0 Å². The lowest BCUT2D eigenvalue weighted by Gasteiger charge is -2.43. The van der Waals surface area contributed by atoms with Crippen LogP contribution in [-0.2, 0) is 4.74 Å². The lowest BCUT2D eigenvalue weighted by Crippen LogP contribution is -2.36. The standard InChI is InChI=1S/C18H17ClN2O3/c19-12-6-7-16-15(10-12)18-14(5-2-8-24-18)17(20-16)11-3-1-4-13(9-11)21(22)23/h1,3-4,6-7,9-10,14,17-18,20H,2,5,8H2/t14-,17+,18-/m1/s1. The van der Waals surface area contributed by atoms with Gasteiger partial charge >= 0.3 is 0 Å². The highest BCUT2D eigenvalue weighted by atomic mass is 35.5. The number of nitrogens with zero attached hydrogens (tertiary/aromatic N) is 1. The van der Waals surface area contributed by atoms with Crippen LogP contribution in [0.15, 0.2) is 42.5 Å². The third kappa shape index (κ3) is 2.64. The summed E-state index contributed by atoms with van der Waals surface area (Å²) in [5.74, 6) is 0.228. The molecule has 2 aromatic rings. The van der Waals surface area contributed by atoms with Crippen LogP contribution in [0.4, 0.5) is 11.4 Å². The van der Waals surface area contributed by atoms with Crippen molar-refractivity contribution in [1.29, 1.82) is 0 Å². The summed E-state index contributed by atoms with van der Waals surface area (Å²) in [4.78, 5) is 10.7. The van der Waals surface area contributed by atoms with Crippen molar-refractivity contribution in [3.05, 3.63) is 68.7 Å². The molecule has 2 aliphatic rings. The number of hydrogen-bond donors (Lipinski definition) is 1. The Morgan fingerprint density at radius 2 is 2.12 bits per heavy atom. The summed E-state index contributed by atoms with van der Waals surface area (Å²) in [6.07, 6.45) is 1.97. The largest absolute Gasteiger partial charge is 0.378 e. The molecule has 124 valence electrons. The number of hydrogen-bond acceptors (Lipinski definition) is 4. The maximum absolute atomic E-state index is 11.1. The van der Waals surface area contributed by atoms with E-state index in [-0.39, 0.29) is 28.7 Å². The fourth-order valence-electron chi connectivity index (χ4n) is 3.80. The van der Waals surface area contributed by atoms with Gasteiger partial charge in [0.1, 0.15) is 0 Å². The van der Waals surface area contributed by atoms with Gasteiger partial charge in [0, 0.05) is 40.9 Å². The molecule has 0 unspecified atom stereocenters. The van der Waals surface area contributed by atoms with Crippen LogP contribution in [0.5, 0.6) is 0 Å². The Bertz CT molecular complexity index is 796. The van der Waals surface area contributed by atoms with Gasteiger partial charge in [0.15, 0.2) is 0 Å². The molecule has 0 aromatic heterocycles. The monoisotopic (exact) mass is 344 g/mol. The summed E-state index contributed by atoms with van der Waals surface area (Å²) in [6.45, 7) is 0.731. The number of ether oxygens (including phenoxy) is 1. The van der Waals surface area contributed by atoms with Crippen molar-refractivity contribution >= 4 is 23.0 Å². The van der Waals surface area contributed by atoms with E-state index in [4.69, 9.17) is 16.3 Å². The zero-order valence-corrected chi connectivity index (χ0v) is 13.7. The Labute approximate surface area is 144 Å². The third-order valence-corrected chi connectivity index (χ3v) is 5.10. The van der Waals surface area contributed by atoms with Gasteiger partial charge in [-0.15, -0.1) is 0 Å². The van der Waals surface area contributed by atoms with E-state index in [2.05, 4.69) is 5.32 Å². The summed E-state index contributed by atoms with van der Waals surface area (Å²) < 4.78 is 6.06. The van der Waals surface area contributed by atoms with Crippen molar-refractivity contribution in [3.63, 3.8) is 0 Å². The molecule has 0 radical (unpaired) electrons. The molecule has 3 atom stereocenters. The molecule has 2 aromatic carbocycles. The fourth-order valence-corrected chi connectivity index (χ4v) is 3.98. The number of anilines is 1. The fraction of sp³-hybridized carbons (Fsp3) is 0.333. The number of benzene rings is 2. The molecule has 0 bridgehead atoms. The van der Waals surface area contributed by atoms with E-state index in [9.17, 15) is 10.1 Å². The summed E-state index contributed by atoms with van der Waals surface area (Å²) in [5.41, 5.74) is 3.10. The van der Waals surface area contributed by atoms with E-state index in [0.29, 0.717) is 5.02 Å². The van der Waals surface area contributed by atoms with Crippen LogP contribution in [0.3, 0.4) is 0 Å². The van der Waals surface area contributed by atoms with Crippen molar-refractivity contribution in [2.24, 2.45) is 5.92 Å². The number of non-ortho nitro benzene ring substituents is 1. The maximum Gasteiger partial charge on any atom is 0.269 e. The predicted molar refractivity (Wildman–Crippen MR) is 92.3 cm³/mol. The lowest BCUT2D eigenvalue weighted by molar-refractivity contribution is -0.384. The molecule has 0 aliphatic carbocycles. The molecule has 1 N–H and O–H groups in total. The van der Waals surface area contributed by atoms with Gasteiger partial charge in [0.2, 0.25) is 0 Å². The molecule has 0 amide bonds. The van der Waals surface area contributed by atoms with Gasteiger partial charge in [-0.1, -0.05) is 23.7 Å². The van der Waals surface area contributed by atoms with Gasteiger partial charge in [-0.05, 0) is 36.6 Å². The van der Waals surface area contributed by atoms with Gasteiger partial charge in [-0.3, -0.25) is 10.1 Å². The van der Waals surface area contributed by atoms with Crippen LogP contribution in [-0.4, -0.2) is 11.5 Å². The van der Waals surface area contributed by atoms with E-state index in [1.54, 1.807) is 12.1 Å². The second kappa shape index (κ2) is 6.07. The molecule has 5 nitrogen and oxygen atoms in total. The molecule has 6 heteroatoms. The quantitative estimate of drug-likeness (QED) is 0.622. The highest BCUT2D eigenvalue weighted by molar-refractivity contribution is 6.30. The van der Waals surface area contributed by atoms with Crippen molar-refractivity contribution in [2.75, 3.05) is 11.9 Å². The summed E-state index contributed by atoms with van der Waals surface area (Å²) in [5, 5.41) is 15.3. The number of nitro groups is 1. The van der Waals surface area contributed by atoms with Gasteiger partial charge in [-0.2, -0.15) is 0 Å². The maximum atomic E-state index is 11.1. The molecule has 2 heterocycles. The highest BCUT2D eigenvalue weighted by Crippen LogP contribution is 2.49. The summed E-state index contributed by atoms with van der Waals surface area (Å²) in [6, 6.07) is 12.6. The first-order chi connectivity index (χ1) is 11.6. The first-order valence-corrected chi connectivity index (χ1v) is 8.43. The SMILES string of the molecule is O=[N+]([O-])c1cccc([C@@H]2Nc3ccc(Cl)cc3[C@@H]3OCCC[C@H]23)c1. The minimum atomic E-state index is -0.352. The zero-order valence-electron chi connectivity index (χ0n) is 12.9. The number of halogens is 1. The van der Waals surface area contributed by atoms with Crippen LogP contribution in [0.1, 0.15) is 36.1 Å². The van der Waals surface area contributed by atoms with Crippen LogP contribution in [0.25, 0.3) is 0 Å². The van der Waals surface area contributed by atoms with Crippen LogP contribution in [0.2, 0.25) is 5.02 Å². The Morgan fingerprint density at radius 1 is 1.25 bits per heavy atom. The highest BCUT2D eigenvalue weighted by Gasteiger charge is 2.40. The van der Waals surface area contributed by atoms with Crippen LogP contribution >= 0.6 is 11.6 Å². The van der Waals surface area contributed by atoms with Gasteiger partial charge < -0.3 is 10.1 Å². The molecule has 0 spiro atoms. The third-order valence-electron chi connectivity index (χ3n) is 4.87. The zero-order chi connectivity index (χ0) is 16.7. The molecule has 2 aliphatic heterocycles. The van der Waals surface area contributed by atoms with E-state index in [0.717, 1.165) is 36.3 Å². The Kier molecular flexibility index (Phi) is 3.90. The summed E-state index contributed by atoms with van der Waals surface area (Å²) >= 11 is 6.16. The number of rotatable bonds is 2. The molecular formula is C18H17ClN2O3. The van der Waals surface area contributed by atoms with Crippen molar-refractivity contribution in [3.8, 4) is 0 Å². The first kappa shape index (κ1) is 15.4. The average Bonchev–Trinajstić information content (AvgIpc) is 2.61. The predicted octanol–water partition coefficient (Wildman–Crippen LogP) is 4.88. The van der Waals surface area contributed by atoms with Gasteiger partial charge in [0.25, 0.3) is 5.69 Å². The normalized spacial score (nSPS) is 25.3. The first-order valence-electron chi connectivity index (χ1n) is 8.05.